The Balaban J connectivity index is 2.69. The minimum atomic E-state index is 0.323. The first-order valence-electron chi connectivity index (χ1n) is 5.70. The van der Waals surface area contributed by atoms with Gasteiger partial charge in [0.15, 0.2) is 0 Å². The maximum Gasteiger partial charge on any atom is 0.0734 e. The van der Waals surface area contributed by atoms with Gasteiger partial charge in [0.2, 0.25) is 0 Å². The average Bonchev–Trinajstić information content (AvgIpc) is 2.28. The summed E-state index contributed by atoms with van der Waals surface area (Å²) in [5.41, 5.74) is 10.4. The van der Waals surface area contributed by atoms with E-state index in [2.05, 4.69) is 45.0 Å². The van der Waals surface area contributed by atoms with Gasteiger partial charge in [0.05, 0.1) is 5.52 Å². The summed E-state index contributed by atoms with van der Waals surface area (Å²) >= 11 is 0. The van der Waals surface area contributed by atoms with Crippen molar-refractivity contribution in [2.75, 3.05) is 6.54 Å². The van der Waals surface area contributed by atoms with Crippen LogP contribution in [-0.4, -0.2) is 11.5 Å². The Hall–Kier alpha value is -1.41. The zero-order valence-electron chi connectivity index (χ0n) is 10.1. The molecule has 2 rings (SSSR count). The number of para-hydroxylation sites is 1. The van der Waals surface area contributed by atoms with Crippen molar-refractivity contribution in [2.24, 2.45) is 5.73 Å². The van der Waals surface area contributed by atoms with Crippen LogP contribution in [0.5, 0.6) is 0 Å². The van der Waals surface area contributed by atoms with Crippen LogP contribution in [0, 0.1) is 13.8 Å². The number of aryl methyl sites for hydroxylation is 2. The standard InChI is InChI=1S/C14H18N2/c1-9-5-4-6-12-7-10(2)13(11(3)8-15)16-14(9)12/h4-7,11H,8,15H2,1-3H3. The summed E-state index contributed by atoms with van der Waals surface area (Å²) < 4.78 is 0. The maximum absolute atomic E-state index is 5.72. The predicted molar refractivity (Wildman–Crippen MR) is 68.7 cm³/mol. The van der Waals surface area contributed by atoms with Crippen LogP contribution in [0.3, 0.4) is 0 Å². The van der Waals surface area contributed by atoms with Crippen LogP contribution in [0.15, 0.2) is 24.3 Å². The van der Waals surface area contributed by atoms with Crippen LogP contribution in [0.4, 0.5) is 0 Å². The lowest BCUT2D eigenvalue weighted by Crippen LogP contribution is -2.12. The second-order valence-corrected chi connectivity index (χ2v) is 4.47. The van der Waals surface area contributed by atoms with E-state index in [4.69, 9.17) is 10.7 Å². The second-order valence-electron chi connectivity index (χ2n) is 4.47. The number of nitrogens with zero attached hydrogens (tertiary/aromatic N) is 1. The third-order valence-electron chi connectivity index (χ3n) is 3.10. The molecule has 0 aliphatic rings. The van der Waals surface area contributed by atoms with Crippen LogP contribution >= 0.6 is 0 Å². The number of benzene rings is 1. The van der Waals surface area contributed by atoms with E-state index in [1.807, 2.05) is 0 Å². The Bertz CT molecular complexity index is 517. The third kappa shape index (κ3) is 1.81. The van der Waals surface area contributed by atoms with E-state index in [0.29, 0.717) is 12.5 Å². The van der Waals surface area contributed by atoms with Crippen LogP contribution in [-0.2, 0) is 0 Å². The molecule has 0 aliphatic heterocycles. The number of rotatable bonds is 2. The van der Waals surface area contributed by atoms with Gasteiger partial charge in [0, 0.05) is 23.5 Å². The molecule has 2 aromatic rings. The molecule has 84 valence electrons. The molecular weight excluding hydrogens is 196 g/mol. The number of pyridine rings is 1. The molecular formula is C14H18N2. The van der Waals surface area contributed by atoms with E-state index in [1.165, 1.54) is 16.5 Å². The van der Waals surface area contributed by atoms with E-state index in [9.17, 15) is 0 Å². The highest BCUT2D eigenvalue weighted by molar-refractivity contribution is 5.82. The summed E-state index contributed by atoms with van der Waals surface area (Å²) in [6.07, 6.45) is 0. The van der Waals surface area contributed by atoms with Crippen LogP contribution in [0.25, 0.3) is 10.9 Å². The Kier molecular flexibility index (Phi) is 2.92. The van der Waals surface area contributed by atoms with Crippen molar-refractivity contribution in [1.82, 2.24) is 4.98 Å². The molecule has 2 N–H and O–H groups in total. The van der Waals surface area contributed by atoms with Gasteiger partial charge in [-0.1, -0.05) is 25.1 Å². The Morgan fingerprint density at radius 2 is 2.00 bits per heavy atom. The first kappa shape index (κ1) is 11.1. The van der Waals surface area contributed by atoms with Crippen molar-refractivity contribution in [3.05, 3.63) is 41.1 Å². The zero-order valence-corrected chi connectivity index (χ0v) is 10.1. The SMILES string of the molecule is Cc1cc2cccc(C)c2nc1C(C)CN. The molecule has 0 amide bonds. The van der Waals surface area contributed by atoms with Gasteiger partial charge in [0.1, 0.15) is 0 Å². The highest BCUT2D eigenvalue weighted by Gasteiger charge is 2.10. The minimum Gasteiger partial charge on any atom is -0.330 e. The summed E-state index contributed by atoms with van der Waals surface area (Å²) in [5.74, 6) is 0.323. The molecule has 1 aromatic heterocycles. The molecule has 1 atom stereocenters. The molecule has 0 aliphatic carbocycles. The summed E-state index contributed by atoms with van der Waals surface area (Å²) in [4.78, 5) is 4.77. The molecule has 1 unspecified atom stereocenters. The van der Waals surface area contributed by atoms with Crippen molar-refractivity contribution in [3.63, 3.8) is 0 Å². The molecule has 0 saturated carbocycles. The Labute approximate surface area is 96.5 Å². The van der Waals surface area contributed by atoms with Crippen molar-refractivity contribution in [1.29, 1.82) is 0 Å². The van der Waals surface area contributed by atoms with Gasteiger partial charge in [-0.25, -0.2) is 0 Å². The van der Waals surface area contributed by atoms with Crippen molar-refractivity contribution >= 4 is 10.9 Å². The number of hydrogen-bond donors (Lipinski definition) is 1. The zero-order chi connectivity index (χ0) is 11.7. The summed E-state index contributed by atoms with van der Waals surface area (Å²) in [7, 11) is 0. The Morgan fingerprint density at radius 3 is 2.69 bits per heavy atom. The van der Waals surface area contributed by atoms with Gasteiger partial charge in [-0.15, -0.1) is 0 Å². The van der Waals surface area contributed by atoms with Crippen molar-refractivity contribution in [3.8, 4) is 0 Å². The number of nitrogens with two attached hydrogens (primary N) is 1. The van der Waals surface area contributed by atoms with Gasteiger partial charge in [-0.2, -0.15) is 0 Å². The lowest BCUT2D eigenvalue weighted by Gasteiger charge is -2.13. The highest BCUT2D eigenvalue weighted by Crippen LogP contribution is 2.23. The van der Waals surface area contributed by atoms with E-state index in [0.717, 1.165) is 11.2 Å². The summed E-state index contributed by atoms with van der Waals surface area (Å²) in [6.45, 7) is 6.97. The third-order valence-corrected chi connectivity index (χ3v) is 3.10. The van der Waals surface area contributed by atoms with Gasteiger partial charge in [-0.3, -0.25) is 4.98 Å². The second kappa shape index (κ2) is 4.22. The molecule has 0 spiro atoms. The number of fused-ring (bicyclic) bond motifs is 1. The average molecular weight is 214 g/mol. The fourth-order valence-electron chi connectivity index (χ4n) is 2.08. The molecule has 2 heteroatoms. The summed E-state index contributed by atoms with van der Waals surface area (Å²) in [5, 5.41) is 1.21. The predicted octanol–water partition coefficient (Wildman–Crippen LogP) is 2.91. The molecule has 1 aromatic carbocycles. The number of aromatic nitrogens is 1. The van der Waals surface area contributed by atoms with Crippen LogP contribution < -0.4 is 5.73 Å². The monoisotopic (exact) mass is 214 g/mol. The first-order valence-corrected chi connectivity index (χ1v) is 5.70. The quantitative estimate of drug-likeness (QED) is 0.834. The molecule has 0 fully saturated rings. The van der Waals surface area contributed by atoms with Gasteiger partial charge < -0.3 is 5.73 Å². The lowest BCUT2D eigenvalue weighted by atomic mass is 10.00. The van der Waals surface area contributed by atoms with Gasteiger partial charge in [-0.05, 0) is 31.0 Å². The van der Waals surface area contributed by atoms with Gasteiger partial charge >= 0.3 is 0 Å². The van der Waals surface area contributed by atoms with Crippen molar-refractivity contribution in [2.45, 2.75) is 26.7 Å². The van der Waals surface area contributed by atoms with E-state index >= 15 is 0 Å². The van der Waals surface area contributed by atoms with E-state index in [1.54, 1.807) is 0 Å². The molecule has 0 bridgehead atoms. The van der Waals surface area contributed by atoms with Crippen molar-refractivity contribution < 1.29 is 0 Å². The van der Waals surface area contributed by atoms with E-state index in [-0.39, 0.29) is 0 Å². The highest BCUT2D eigenvalue weighted by atomic mass is 14.7. The van der Waals surface area contributed by atoms with E-state index < -0.39 is 0 Å². The molecule has 2 nitrogen and oxygen atoms in total. The molecule has 0 saturated heterocycles. The summed E-state index contributed by atoms with van der Waals surface area (Å²) in [6, 6.07) is 8.49. The fraction of sp³-hybridized carbons (Fsp3) is 0.357. The molecule has 0 radical (unpaired) electrons. The largest absolute Gasteiger partial charge is 0.330 e. The molecule has 1 heterocycles. The maximum atomic E-state index is 5.72. The van der Waals surface area contributed by atoms with Crippen LogP contribution in [0.2, 0.25) is 0 Å². The lowest BCUT2D eigenvalue weighted by molar-refractivity contribution is 0.742. The Morgan fingerprint density at radius 1 is 1.25 bits per heavy atom. The smallest absolute Gasteiger partial charge is 0.0734 e. The topological polar surface area (TPSA) is 38.9 Å². The van der Waals surface area contributed by atoms with Gasteiger partial charge in [0.25, 0.3) is 0 Å². The number of hydrogen-bond acceptors (Lipinski definition) is 2. The van der Waals surface area contributed by atoms with Crippen LogP contribution in [0.1, 0.15) is 29.7 Å². The molecule has 16 heavy (non-hydrogen) atoms. The minimum absolute atomic E-state index is 0.323. The first-order chi connectivity index (χ1) is 7.63. The fourth-order valence-corrected chi connectivity index (χ4v) is 2.08. The normalized spacial score (nSPS) is 13.0.